The van der Waals surface area contributed by atoms with Gasteiger partial charge in [0.1, 0.15) is 11.0 Å². The monoisotopic (exact) mass is 467 g/mol. The lowest BCUT2D eigenvalue weighted by molar-refractivity contribution is -0.121. The number of hydrogen-bond acceptors (Lipinski definition) is 7. The Kier molecular flexibility index (Phi) is 8.48. The topological polar surface area (TPSA) is 101 Å². The van der Waals surface area contributed by atoms with Crippen LogP contribution in [0.15, 0.2) is 58.7 Å². The number of thioether (sulfide) groups is 1. The third-order valence-electron chi connectivity index (χ3n) is 5.00. The van der Waals surface area contributed by atoms with E-state index in [4.69, 9.17) is 10.5 Å². The Balaban J connectivity index is 1.58. The maximum absolute atomic E-state index is 12.8. The summed E-state index contributed by atoms with van der Waals surface area (Å²) < 4.78 is 5.64. The summed E-state index contributed by atoms with van der Waals surface area (Å²) in [7, 11) is 3.94. The van der Waals surface area contributed by atoms with E-state index in [1.165, 1.54) is 4.90 Å². The molecule has 1 fully saturated rings. The fraction of sp³-hybridized carbons (Fsp3) is 0.333. The van der Waals surface area contributed by atoms with Gasteiger partial charge in [-0.25, -0.2) is 4.90 Å². The lowest BCUT2D eigenvalue weighted by Crippen LogP contribution is -2.31. The van der Waals surface area contributed by atoms with Crippen LogP contribution in [-0.4, -0.2) is 49.1 Å². The van der Waals surface area contributed by atoms with Gasteiger partial charge in [0, 0.05) is 26.2 Å². The van der Waals surface area contributed by atoms with Gasteiger partial charge in [0.2, 0.25) is 11.8 Å². The molecule has 0 saturated carbocycles. The van der Waals surface area contributed by atoms with Crippen LogP contribution in [0.3, 0.4) is 0 Å². The van der Waals surface area contributed by atoms with E-state index in [1.807, 2.05) is 43.3 Å². The maximum atomic E-state index is 12.8. The molecule has 1 aliphatic heterocycles. The van der Waals surface area contributed by atoms with Gasteiger partial charge >= 0.3 is 0 Å². The molecular weight excluding hydrogens is 438 g/mol. The lowest BCUT2D eigenvalue weighted by atomic mass is 10.2. The molecule has 1 atom stereocenters. The zero-order chi connectivity index (χ0) is 23.8. The SMILES string of the molecule is CCCCOc1ccc(N2C(=O)CC(SC(N)=NN=Cc3ccc(N(C)C)cc3)C2=O)cc1. The van der Waals surface area contributed by atoms with Crippen molar-refractivity contribution in [2.75, 3.05) is 30.5 Å². The van der Waals surface area contributed by atoms with Crippen molar-refractivity contribution >= 4 is 46.3 Å². The number of imide groups is 1. The summed E-state index contributed by atoms with van der Waals surface area (Å²) in [4.78, 5) is 28.5. The van der Waals surface area contributed by atoms with Gasteiger partial charge in [-0.15, -0.1) is 5.10 Å². The number of carbonyl (C=O) groups is 2. The Bertz CT molecular complexity index is 1020. The van der Waals surface area contributed by atoms with Crippen molar-refractivity contribution in [3.05, 3.63) is 54.1 Å². The smallest absolute Gasteiger partial charge is 0.247 e. The van der Waals surface area contributed by atoms with Crippen molar-refractivity contribution in [2.45, 2.75) is 31.4 Å². The summed E-state index contributed by atoms with van der Waals surface area (Å²) in [5.41, 5.74) is 8.42. The number of amidine groups is 1. The van der Waals surface area contributed by atoms with Crippen LogP contribution in [0.4, 0.5) is 11.4 Å². The highest BCUT2D eigenvalue weighted by atomic mass is 32.2. The van der Waals surface area contributed by atoms with Crippen molar-refractivity contribution in [1.29, 1.82) is 0 Å². The minimum atomic E-state index is -0.628. The third kappa shape index (κ3) is 6.58. The molecule has 2 aromatic rings. The molecule has 0 radical (unpaired) electrons. The number of anilines is 2. The number of unbranched alkanes of at least 4 members (excludes halogenated alkanes) is 1. The molecule has 1 aliphatic rings. The maximum Gasteiger partial charge on any atom is 0.247 e. The average Bonchev–Trinajstić information content (AvgIpc) is 3.07. The molecule has 1 saturated heterocycles. The van der Waals surface area contributed by atoms with Crippen LogP contribution in [0.5, 0.6) is 5.75 Å². The average molecular weight is 468 g/mol. The van der Waals surface area contributed by atoms with E-state index in [9.17, 15) is 9.59 Å². The molecule has 2 amide bonds. The largest absolute Gasteiger partial charge is 0.494 e. The van der Waals surface area contributed by atoms with Crippen molar-refractivity contribution in [3.8, 4) is 5.75 Å². The molecule has 33 heavy (non-hydrogen) atoms. The summed E-state index contributed by atoms with van der Waals surface area (Å²) in [6.07, 6.45) is 3.67. The Morgan fingerprint density at radius 2 is 1.88 bits per heavy atom. The van der Waals surface area contributed by atoms with E-state index in [0.29, 0.717) is 18.0 Å². The number of ether oxygens (including phenoxy) is 1. The van der Waals surface area contributed by atoms with E-state index < -0.39 is 5.25 Å². The summed E-state index contributed by atoms with van der Waals surface area (Å²) >= 11 is 1.05. The highest BCUT2D eigenvalue weighted by Crippen LogP contribution is 2.30. The number of nitrogens with two attached hydrogens (primary N) is 1. The van der Waals surface area contributed by atoms with Gasteiger partial charge in [-0.1, -0.05) is 37.2 Å². The molecule has 3 rings (SSSR count). The first-order valence-corrected chi connectivity index (χ1v) is 11.7. The molecule has 0 spiro atoms. The fourth-order valence-electron chi connectivity index (χ4n) is 3.17. The van der Waals surface area contributed by atoms with Crippen LogP contribution in [0.1, 0.15) is 31.7 Å². The van der Waals surface area contributed by atoms with Crippen LogP contribution in [0.25, 0.3) is 0 Å². The fourth-order valence-corrected chi connectivity index (χ4v) is 3.99. The van der Waals surface area contributed by atoms with E-state index in [1.54, 1.807) is 30.5 Å². The Morgan fingerprint density at radius 1 is 1.18 bits per heavy atom. The number of nitrogens with zero attached hydrogens (tertiary/aromatic N) is 4. The second kappa shape index (κ2) is 11.5. The molecule has 0 aromatic heterocycles. The standard InChI is InChI=1S/C24H29N5O3S/c1-4-5-14-32-20-12-10-19(11-13-20)29-22(30)15-21(23(29)31)33-24(25)27-26-16-17-6-8-18(9-7-17)28(2)3/h6-13,16,21H,4-5,14-15H2,1-3H3,(H2,25,27). The van der Waals surface area contributed by atoms with Gasteiger partial charge in [0.05, 0.1) is 18.5 Å². The molecule has 2 aromatic carbocycles. The predicted octanol–water partition coefficient (Wildman–Crippen LogP) is 3.65. The van der Waals surface area contributed by atoms with Crippen molar-refractivity contribution in [3.63, 3.8) is 0 Å². The van der Waals surface area contributed by atoms with Crippen molar-refractivity contribution < 1.29 is 14.3 Å². The number of amides is 2. The molecule has 2 N–H and O–H groups in total. The van der Waals surface area contributed by atoms with E-state index in [0.717, 1.165) is 35.9 Å². The first kappa shape index (κ1) is 24.3. The minimum absolute atomic E-state index is 0.0597. The van der Waals surface area contributed by atoms with Gasteiger partial charge < -0.3 is 15.4 Å². The highest BCUT2D eigenvalue weighted by molar-refractivity contribution is 8.14. The van der Waals surface area contributed by atoms with Crippen LogP contribution < -0.4 is 20.3 Å². The number of carbonyl (C=O) groups excluding carboxylic acids is 2. The van der Waals surface area contributed by atoms with Crippen LogP contribution in [0.2, 0.25) is 0 Å². The van der Waals surface area contributed by atoms with Crippen molar-refractivity contribution in [2.24, 2.45) is 15.9 Å². The zero-order valence-electron chi connectivity index (χ0n) is 19.1. The van der Waals surface area contributed by atoms with Crippen LogP contribution in [0, 0.1) is 0 Å². The molecule has 0 bridgehead atoms. The molecule has 174 valence electrons. The third-order valence-corrected chi connectivity index (χ3v) is 5.98. The van der Waals surface area contributed by atoms with Gasteiger partial charge in [-0.3, -0.25) is 9.59 Å². The number of benzene rings is 2. The first-order chi connectivity index (χ1) is 15.9. The highest BCUT2D eigenvalue weighted by Gasteiger charge is 2.40. The number of rotatable bonds is 9. The van der Waals surface area contributed by atoms with Crippen molar-refractivity contribution in [1.82, 2.24) is 0 Å². The Morgan fingerprint density at radius 3 is 2.52 bits per heavy atom. The lowest BCUT2D eigenvalue weighted by Gasteiger charge is -2.15. The Hall–Kier alpha value is -3.33. The summed E-state index contributed by atoms with van der Waals surface area (Å²) in [6, 6.07) is 14.8. The van der Waals surface area contributed by atoms with Crippen LogP contribution in [-0.2, 0) is 9.59 Å². The minimum Gasteiger partial charge on any atom is -0.494 e. The molecular formula is C24H29N5O3S. The second-order valence-electron chi connectivity index (χ2n) is 7.74. The van der Waals surface area contributed by atoms with Gasteiger partial charge in [0.25, 0.3) is 0 Å². The normalized spacial score (nSPS) is 16.6. The first-order valence-electron chi connectivity index (χ1n) is 10.8. The quantitative estimate of drug-likeness (QED) is 0.199. The molecule has 8 nitrogen and oxygen atoms in total. The Labute approximate surface area is 198 Å². The van der Waals surface area contributed by atoms with E-state index >= 15 is 0 Å². The van der Waals surface area contributed by atoms with Gasteiger partial charge in [-0.05, 0) is 48.4 Å². The zero-order valence-corrected chi connectivity index (χ0v) is 19.9. The summed E-state index contributed by atoms with van der Waals surface area (Å²) in [5, 5.41) is 7.46. The summed E-state index contributed by atoms with van der Waals surface area (Å²) in [6.45, 7) is 2.73. The van der Waals surface area contributed by atoms with Gasteiger partial charge in [0.15, 0.2) is 5.17 Å². The number of hydrogen-bond donors (Lipinski definition) is 1. The predicted molar refractivity (Wildman–Crippen MR) is 135 cm³/mol. The van der Waals surface area contributed by atoms with Gasteiger partial charge in [-0.2, -0.15) is 5.10 Å². The molecule has 9 heteroatoms. The van der Waals surface area contributed by atoms with E-state index in [-0.39, 0.29) is 23.4 Å². The van der Waals surface area contributed by atoms with Crippen LogP contribution >= 0.6 is 11.8 Å². The molecule has 1 heterocycles. The molecule has 1 unspecified atom stereocenters. The second-order valence-corrected chi connectivity index (χ2v) is 8.97. The summed E-state index contributed by atoms with van der Waals surface area (Å²) in [5.74, 6) is 0.128. The van der Waals surface area contributed by atoms with E-state index in [2.05, 4.69) is 17.1 Å². The molecule has 0 aliphatic carbocycles.